The Morgan fingerprint density at radius 2 is 2.00 bits per heavy atom. The number of benzene rings is 1. The Morgan fingerprint density at radius 3 is 2.83 bits per heavy atom. The van der Waals surface area contributed by atoms with Crippen LogP contribution in [0.15, 0.2) is 48.7 Å². The van der Waals surface area contributed by atoms with Gasteiger partial charge in [-0.25, -0.2) is 13.1 Å². The van der Waals surface area contributed by atoms with Gasteiger partial charge in [-0.2, -0.15) is 0 Å². The first-order valence-electron chi connectivity index (χ1n) is 8.19. The van der Waals surface area contributed by atoms with Crippen molar-refractivity contribution in [2.75, 3.05) is 12.4 Å². The van der Waals surface area contributed by atoms with Gasteiger partial charge < -0.3 is 4.74 Å². The maximum atomic E-state index is 12.3. The highest BCUT2D eigenvalue weighted by atomic mass is 32.2. The lowest BCUT2D eigenvalue weighted by molar-refractivity contribution is 0.135. The number of nitrogens with one attached hydrogen (secondary N) is 1. The molecule has 0 radical (unpaired) electrons. The maximum Gasteiger partial charge on any atom is 0.214 e. The molecule has 5 nitrogen and oxygen atoms in total. The Morgan fingerprint density at radius 1 is 1.17 bits per heavy atom. The number of ether oxygens (including phenoxy) is 1. The van der Waals surface area contributed by atoms with E-state index >= 15 is 0 Å². The molecule has 128 valence electrons. The zero-order valence-corrected chi connectivity index (χ0v) is 14.3. The molecule has 1 unspecified atom stereocenters. The average molecular weight is 346 g/mol. The molecule has 2 aromatic rings. The van der Waals surface area contributed by atoms with Crippen LogP contribution >= 0.6 is 0 Å². The van der Waals surface area contributed by atoms with Crippen LogP contribution in [0.2, 0.25) is 0 Å². The highest BCUT2D eigenvalue weighted by Gasteiger charge is 2.25. The predicted octanol–water partition coefficient (Wildman–Crippen LogP) is 2.60. The van der Waals surface area contributed by atoms with Crippen LogP contribution < -0.4 is 4.72 Å². The molecule has 1 aromatic carbocycles. The molecule has 0 amide bonds. The molecule has 0 saturated heterocycles. The average Bonchev–Trinajstić information content (AvgIpc) is 2.60. The van der Waals surface area contributed by atoms with E-state index in [1.165, 1.54) is 0 Å². The van der Waals surface area contributed by atoms with Crippen LogP contribution in [0.25, 0.3) is 0 Å². The molecule has 1 aliphatic rings. The van der Waals surface area contributed by atoms with E-state index in [1.54, 1.807) is 6.20 Å². The third kappa shape index (κ3) is 4.63. The molecule has 0 aliphatic heterocycles. The minimum absolute atomic E-state index is 0.0358. The number of rotatable bonds is 7. The summed E-state index contributed by atoms with van der Waals surface area (Å²) in [6.45, 7) is 0.601. The second-order valence-electron chi connectivity index (χ2n) is 5.96. The van der Waals surface area contributed by atoms with Crippen LogP contribution in [0.1, 0.15) is 35.7 Å². The number of pyridine rings is 1. The van der Waals surface area contributed by atoms with Crippen molar-refractivity contribution in [3.8, 4) is 0 Å². The highest BCUT2D eigenvalue weighted by molar-refractivity contribution is 7.89. The Labute approximate surface area is 143 Å². The van der Waals surface area contributed by atoms with E-state index in [-0.39, 0.29) is 18.4 Å². The first-order chi connectivity index (χ1) is 11.6. The molecule has 1 aromatic heterocycles. The second kappa shape index (κ2) is 7.88. The third-order valence-electron chi connectivity index (χ3n) is 4.14. The van der Waals surface area contributed by atoms with Gasteiger partial charge in [-0.1, -0.05) is 36.4 Å². The van der Waals surface area contributed by atoms with Crippen molar-refractivity contribution < 1.29 is 13.2 Å². The minimum Gasteiger partial charge on any atom is -0.376 e. The fourth-order valence-corrected chi connectivity index (χ4v) is 4.07. The van der Waals surface area contributed by atoms with Crippen LogP contribution in [0.4, 0.5) is 0 Å². The summed E-state index contributed by atoms with van der Waals surface area (Å²) in [7, 11) is -3.38. The van der Waals surface area contributed by atoms with Gasteiger partial charge in [-0.3, -0.25) is 4.98 Å². The molecule has 0 fully saturated rings. The fraction of sp³-hybridized carbons (Fsp3) is 0.389. The molecule has 0 bridgehead atoms. The monoisotopic (exact) mass is 346 g/mol. The van der Waals surface area contributed by atoms with Crippen molar-refractivity contribution in [2.24, 2.45) is 0 Å². The van der Waals surface area contributed by atoms with E-state index in [4.69, 9.17) is 4.74 Å². The van der Waals surface area contributed by atoms with Gasteiger partial charge >= 0.3 is 0 Å². The SMILES string of the molecule is O=S(=O)(CCOCc1ccccc1)NC1CCCc2ncccc21. The van der Waals surface area contributed by atoms with Gasteiger partial charge in [0.2, 0.25) is 10.0 Å². The molecule has 6 heteroatoms. The Balaban J connectivity index is 1.51. The van der Waals surface area contributed by atoms with Gasteiger partial charge in [0.1, 0.15) is 0 Å². The molecule has 24 heavy (non-hydrogen) atoms. The van der Waals surface area contributed by atoms with Crippen molar-refractivity contribution in [1.82, 2.24) is 9.71 Å². The zero-order valence-electron chi connectivity index (χ0n) is 13.5. The van der Waals surface area contributed by atoms with Crippen molar-refractivity contribution in [1.29, 1.82) is 0 Å². The topological polar surface area (TPSA) is 68.3 Å². The molecule has 1 atom stereocenters. The predicted molar refractivity (Wildman–Crippen MR) is 92.9 cm³/mol. The zero-order chi connectivity index (χ0) is 16.8. The first-order valence-corrected chi connectivity index (χ1v) is 9.85. The van der Waals surface area contributed by atoms with Gasteiger partial charge in [-0.15, -0.1) is 0 Å². The van der Waals surface area contributed by atoms with Crippen LogP contribution in [0.3, 0.4) is 0 Å². The summed E-state index contributed by atoms with van der Waals surface area (Å²) in [4.78, 5) is 4.35. The molecule has 1 aliphatic carbocycles. The van der Waals surface area contributed by atoms with Crippen LogP contribution in [-0.2, 0) is 27.8 Å². The summed E-state index contributed by atoms with van der Waals surface area (Å²) in [6, 6.07) is 13.4. The van der Waals surface area contributed by atoms with E-state index in [0.717, 1.165) is 36.1 Å². The van der Waals surface area contributed by atoms with Crippen molar-refractivity contribution in [2.45, 2.75) is 31.9 Å². The number of sulfonamides is 1. The number of fused-ring (bicyclic) bond motifs is 1. The van der Waals surface area contributed by atoms with Gasteiger partial charge in [0.05, 0.1) is 19.0 Å². The number of nitrogens with zero attached hydrogens (tertiary/aromatic N) is 1. The number of hydrogen-bond acceptors (Lipinski definition) is 4. The minimum atomic E-state index is -3.38. The maximum absolute atomic E-state index is 12.3. The Hall–Kier alpha value is -1.76. The van der Waals surface area contributed by atoms with Gasteiger partial charge in [-0.05, 0) is 36.5 Å². The largest absolute Gasteiger partial charge is 0.376 e. The molecule has 1 heterocycles. The molecule has 0 saturated carbocycles. The van der Waals surface area contributed by atoms with E-state index in [0.29, 0.717) is 6.61 Å². The van der Waals surface area contributed by atoms with Gasteiger partial charge in [0, 0.05) is 17.9 Å². The van der Waals surface area contributed by atoms with E-state index < -0.39 is 10.0 Å². The summed E-state index contributed by atoms with van der Waals surface area (Å²) in [5.41, 5.74) is 3.03. The normalized spacial score (nSPS) is 17.4. The van der Waals surface area contributed by atoms with E-state index in [2.05, 4.69) is 9.71 Å². The lowest BCUT2D eigenvalue weighted by atomic mass is 9.92. The molecule has 3 rings (SSSR count). The van der Waals surface area contributed by atoms with E-state index in [9.17, 15) is 8.42 Å². The van der Waals surface area contributed by atoms with Crippen molar-refractivity contribution >= 4 is 10.0 Å². The third-order valence-corrected chi connectivity index (χ3v) is 5.48. The molecular weight excluding hydrogens is 324 g/mol. The Bertz CT molecular complexity index is 763. The summed E-state index contributed by atoms with van der Waals surface area (Å²) in [6.07, 6.45) is 4.42. The van der Waals surface area contributed by atoms with E-state index in [1.807, 2.05) is 42.5 Å². The van der Waals surface area contributed by atoms with Crippen molar-refractivity contribution in [3.05, 3.63) is 65.5 Å². The number of aromatic nitrogens is 1. The number of aryl methyl sites for hydroxylation is 1. The summed E-state index contributed by atoms with van der Waals surface area (Å²) in [5.74, 6) is -0.0358. The van der Waals surface area contributed by atoms with Crippen molar-refractivity contribution in [3.63, 3.8) is 0 Å². The highest BCUT2D eigenvalue weighted by Crippen LogP contribution is 2.28. The van der Waals surface area contributed by atoms with Crippen LogP contribution in [0, 0.1) is 0 Å². The van der Waals surface area contributed by atoms with Gasteiger partial charge in [0.15, 0.2) is 0 Å². The molecule has 1 N–H and O–H groups in total. The quantitative estimate of drug-likeness (QED) is 0.783. The number of hydrogen-bond donors (Lipinski definition) is 1. The fourth-order valence-electron chi connectivity index (χ4n) is 2.94. The molecule has 0 spiro atoms. The molecular formula is C18H22N2O3S. The smallest absolute Gasteiger partial charge is 0.214 e. The summed E-state index contributed by atoms with van der Waals surface area (Å²) < 4.78 is 32.9. The second-order valence-corrected chi connectivity index (χ2v) is 7.83. The lowest BCUT2D eigenvalue weighted by Gasteiger charge is -2.25. The first kappa shape index (κ1) is 17.1. The standard InChI is InChI=1S/C18H22N2O3S/c21-24(22,13-12-23-14-15-6-2-1-3-7-15)20-18-10-4-9-17-16(18)8-5-11-19-17/h1-3,5-8,11,18,20H,4,9-10,12-14H2. The Kier molecular flexibility index (Phi) is 5.60. The van der Waals surface area contributed by atoms with Crippen LogP contribution in [0.5, 0.6) is 0 Å². The summed E-state index contributed by atoms with van der Waals surface area (Å²) in [5, 5.41) is 0. The van der Waals surface area contributed by atoms with Crippen LogP contribution in [-0.4, -0.2) is 25.8 Å². The summed E-state index contributed by atoms with van der Waals surface area (Å²) >= 11 is 0. The lowest BCUT2D eigenvalue weighted by Crippen LogP contribution is -2.34. The van der Waals surface area contributed by atoms with Gasteiger partial charge in [0.25, 0.3) is 0 Å².